The maximum Gasteiger partial charge on any atom is 0.227 e. The lowest BCUT2D eigenvalue weighted by molar-refractivity contribution is -0.130. The molecule has 0 bridgehead atoms. The van der Waals surface area contributed by atoms with Crippen LogP contribution in [0.5, 0.6) is 0 Å². The third-order valence-corrected chi connectivity index (χ3v) is 6.54. The van der Waals surface area contributed by atoms with Crippen molar-refractivity contribution in [1.29, 1.82) is 0 Å². The van der Waals surface area contributed by atoms with E-state index in [0.717, 1.165) is 62.7 Å². The summed E-state index contributed by atoms with van der Waals surface area (Å²) in [5.41, 5.74) is 1.10. The van der Waals surface area contributed by atoms with Gasteiger partial charge in [0, 0.05) is 55.9 Å². The molecular weight excluding hydrogens is 361 g/mol. The van der Waals surface area contributed by atoms with Crippen LogP contribution < -0.4 is 4.90 Å². The van der Waals surface area contributed by atoms with E-state index in [4.69, 9.17) is 0 Å². The van der Waals surface area contributed by atoms with Crippen molar-refractivity contribution in [2.75, 3.05) is 44.2 Å². The van der Waals surface area contributed by atoms with Crippen LogP contribution in [0.4, 0.5) is 10.1 Å². The Kier molecular flexibility index (Phi) is 5.74. The van der Waals surface area contributed by atoms with Crippen molar-refractivity contribution in [2.45, 2.75) is 25.3 Å². The van der Waals surface area contributed by atoms with Crippen LogP contribution in [0.1, 0.15) is 17.7 Å². The Morgan fingerprint density at radius 1 is 1.07 bits per heavy atom. The Labute approximate surface area is 164 Å². The van der Waals surface area contributed by atoms with Crippen LogP contribution in [-0.2, 0) is 11.2 Å². The van der Waals surface area contributed by atoms with E-state index in [1.807, 2.05) is 34.5 Å². The highest BCUT2D eigenvalue weighted by Gasteiger charge is 2.30. The number of thiophene rings is 1. The minimum absolute atomic E-state index is 0.186. The van der Waals surface area contributed by atoms with Crippen LogP contribution in [0.15, 0.2) is 41.8 Å². The summed E-state index contributed by atoms with van der Waals surface area (Å²) in [6.45, 7) is 5.65. The predicted octanol–water partition coefficient (Wildman–Crippen LogP) is 3.24. The number of carbonyl (C=O) groups is 1. The normalized spacial score (nSPS) is 21.4. The number of hydrogen-bond donors (Lipinski definition) is 0. The quantitative estimate of drug-likeness (QED) is 0.806. The van der Waals surface area contributed by atoms with Crippen LogP contribution in [-0.4, -0.2) is 61.0 Å². The number of benzene rings is 1. The first-order valence-corrected chi connectivity index (χ1v) is 10.6. The van der Waals surface area contributed by atoms with E-state index in [1.54, 1.807) is 11.3 Å². The molecule has 1 aromatic carbocycles. The molecule has 4 rings (SSSR count). The zero-order chi connectivity index (χ0) is 18.6. The smallest absolute Gasteiger partial charge is 0.227 e. The minimum Gasteiger partial charge on any atom is -0.370 e. The average molecular weight is 388 g/mol. The molecule has 2 aliphatic rings. The number of nitrogens with zero attached hydrogens (tertiary/aromatic N) is 3. The van der Waals surface area contributed by atoms with Crippen LogP contribution >= 0.6 is 11.3 Å². The number of carbonyl (C=O) groups excluding carboxylic acids is 1. The van der Waals surface area contributed by atoms with Gasteiger partial charge in [-0.3, -0.25) is 9.69 Å². The molecule has 2 aliphatic heterocycles. The van der Waals surface area contributed by atoms with E-state index in [-0.39, 0.29) is 11.7 Å². The number of rotatable bonds is 4. The molecule has 0 spiro atoms. The summed E-state index contributed by atoms with van der Waals surface area (Å²) in [5.74, 6) is 0.0629. The molecule has 2 fully saturated rings. The second kappa shape index (κ2) is 8.40. The second-order valence-electron chi connectivity index (χ2n) is 7.39. The summed E-state index contributed by atoms with van der Waals surface area (Å²) >= 11 is 1.65. The van der Waals surface area contributed by atoms with Gasteiger partial charge < -0.3 is 9.80 Å². The summed E-state index contributed by atoms with van der Waals surface area (Å²) < 4.78 is 13.1. The molecule has 1 atom stereocenters. The molecule has 6 heteroatoms. The van der Waals surface area contributed by atoms with Crippen molar-refractivity contribution in [3.05, 3.63) is 52.5 Å². The second-order valence-corrected chi connectivity index (χ2v) is 8.42. The third kappa shape index (κ3) is 4.50. The van der Waals surface area contributed by atoms with E-state index in [1.165, 1.54) is 12.1 Å². The van der Waals surface area contributed by atoms with Crippen LogP contribution in [0.2, 0.25) is 0 Å². The fourth-order valence-corrected chi connectivity index (χ4v) is 4.85. The van der Waals surface area contributed by atoms with Crippen LogP contribution in [0.3, 0.4) is 0 Å². The fourth-order valence-electron chi connectivity index (χ4n) is 4.15. The maximum atomic E-state index is 13.1. The molecule has 4 nitrogen and oxygen atoms in total. The van der Waals surface area contributed by atoms with E-state index in [0.29, 0.717) is 12.5 Å². The molecule has 1 amide bonds. The van der Waals surface area contributed by atoms with Gasteiger partial charge in [-0.2, -0.15) is 0 Å². The lowest BCUT2D eigenvalue weighted by Crippen LogP contribution is -2.41. The molecule has 1 unspecified atom stereocenters. The average Bonchev–Trinajstić information content (AvgIpc) is 3.30. The highest BCUT2D eigenvalue weighted by atomic mass is 32.1. The summed E-state index contributed by atoms with van der Waals surface area (Å²) in [6, 6.07) is 11.4. The van der Waals surface area contributed by atoms with E-state index >= 15 is 0 Å². The van der Waals surface area contributed by atoms with E-state index < -0.39 is 0 Å². The first-order chi connectivity index (χ1) is 13.2. The zero-order valence-electron chi connectivity index (χ0n) is 15.5. The maximum absolute atomic E-state index is 13.1. The Morgan fingerprint density at radius 3 is 2.70 bits per heavy atom. The first kappa shape index (κ1) is 18.4. The van der Waals surface area contributed by atoms with Crippen LogP contribution in [0.25, 0.3) is 0 Å². The van der Waals surface area contributed by atoms with E-state index in [2.05, 4.69) is 9.80 Å². The molecule has 0 aliphatic carbocycles. The zero-order valence-corrected chi connectivity index (χ0v) is 16.3. The Morgan fingerprint density at radius 2 is 1.93 bits per heavy atom. The summed E-state index contributed by atoms with van der Waals surface area (Å²) in [7, 11) is 0. The third-order valence-electron chi connectivity index (χ3n) is 5.66. The number of halogens is 1. The minimum atomic E-state index is -0.186. The van der Waals surface area contributed by atoms with Gasteiger partial charge in [-0.1, -0.05) is 6.07 Å². The molecule has 0 radical (unpaired) electrons. The van der Waals surface area contributed by atoms with Gasteiger partial charge in [0.2, 0.25) is 5.91 Å². The van der Waals surface area contributed by atoms with Crippen molar-refractivity contribution >= 4 is 22.9 Å². The van der Waals surface area contributed by atoms with Crippen molar-refractivity contribution in [3.63, 3.8) is 0 Å². The Bertz CT molecular complexity index is 749. The molecule has 27 heavy (non-hydrogen) atoms. The van der Waals surface area contributed by atoms with Gasteiger partial charge in [0.25, 0.3) is 0 Å². The Balaban J connectivity index is 1.30. The summed E-state index contributed by atoms with van der Waals surface area (Å²) in [6.07, 6.45) is 2.68. The highest BCUT2D eigenvalue weighted by Crippen LogP contribution is 2.24. The van der Waals surface area contributed by atoms with Gasteiger partial charge in [-0.15, -0.1) is 11.3 Å². The summed E-state index contributed by atoms with van der Waals surface area (Å²) in [5, 5.41) is 2.03. The highest BCUT2D eigenvalue weighted by molar-refractivity contribution is 7.10. The Hall–Kier alpha value is -1.92. The monoisotopic (exact) mass is 387 g/mol. The fraction of sp³-hybridized carbons (Fsp3) is 0.476. The summed E-state index contributed by atoms with van der Waals surface area (Å²) in [4.78, 5) is 20.7. The van der Waals surface area contributed by atoms with Gasteiger partial charge >= 0.3 is 0 Å². The number of anilines is 1. The molecule has 0 N–H and O–H groups in total. The lowest BCUT2D eigenvalue weighted by atomic mass is 10.2. The topological polar surface area (TPSA) is 26.8 Å². The van der Waals surface area contributed by atoms with Crippen LogP contribution in [0, 0.1) is 5.82 Å². The standard InChI is InChI=1S/C21H26FN3OS/c22-17-4-6-18(7-5-17)25-11-8-19(16-25)23-9-2-10-24(13-12-23)21(26)15-20-3-1-14-27-20/h1,3-7,14,19H,2,8-13,15-16H2. The van der Waals surface area contributed by atoms with Gasteiger partial charge in [-0.25, -0.2) is 4.39 Å². The largest absolute Gasteiger partial charge is 0.370 e. The molecule has 144 valence electrons. The van der Waals surface area contributed by atoms with Gasteiger partial charge in [0.1, 0.15) is 5.82 Å². The lowest BCUT2D eigenvalue weighted by Gasteiger charge is -2.28. The van der Waals surface area contributed by atoms with Crippen molar-refractivity contribution < 1.29 is 9.18 Å². The van der Waals surface area contributed by atoms with Crippen molar-refractivity contribution in [3.8, 4) is 0 Å². The molecule has 3 heterocycles. The van der Waals surface area contributed by atoms with Crippen molar-refractivity contribution in [1.82, 2.24) is 9.80 Å². The molecule has 1 aromatic heterocycles. The molecule has 0 saturated carbocycles. The van der Waals surface area contributed by atoms with Crippen molar-refractivity contribution in [2.24, 2.45) is 0 Å². The van der Waals surface area contributed by atoms with Gasteiger partial charge in [-0.05, 0) is 48.6 Å². The van der Waals surface area contributed by atoms with Gasteiger partial charge in [0.05, 0.1) is 6.42 Å². The SMILES string of the molecule is O=C(Cc1cccs1)N1CCCN(C2CCN(c3ccc(F)cc3)C2)CC1. The predicted molar refractivity (Wildman–Crippen MR) is 108 cm³/mol. The van der Waals surface area contributed by atoms with Gasteiger partial charge in [0.15, 0.2) is 0 Å². The first-order valence-electron chi connectivity index (χ1n) is 9.74. The number of amides is 1. The van der Waals surface area contributed by atoms with E-state index in [9.17, 15) is 9.18 Å². The number of hydrogen-bond acceptors (Lipinski definition) is 4. The molecule has 2 saturated heterocycles. The molecule has 2 aromatic rings. The molecular formula is C21H26FN3OS.